The van der Waals surface area contributed by atoms with E-state index in [0.717, 1.165) is 29.9 Å². The van der Waals surface area contributed by atoms with E-state index in [9.17, 15) is 0 Å². The fraction of sp³-hybridized carbons (Fsp3) is 0.133. The van der Waals surface area contributed by atoms with Crippen molar-refractivity contribution in [2.24, 2.45) is 0 Å². The number of para-hydroxylation sites is 2. The predicted molar refractivity (Wildman–Crippen MR) is 71.3 cm³/mol. The summed E-state index contributed by atoms with van der Waals surface area (Å²) in [5.74, 6) is 0. The van der Waals surface area contributed by atoms with Gasteiger partial charge in [-0.3, -0.25) is 0 Å². The lowest BCUT2D eigenvalue weighted by molar-refractivity contribution is 0.935. The van der Waals surface area contributed by atoms with Gasteiger partial charge in [-0.15, -0.1) is 0 Å². The largest absolute Gasteiger partial charge is 0.341 e. The molecule has 0 amide bonds. The third kappa shape index (κ3) is 1.72. The molecule has 2 aromatic rings. The van der Waals surface area contributed by atoms with Crippen LogP contribution in [0.3, 0.4) is 0 Å². The van der Waals surface area contributed by atoms with Gasteiger partial charge in [0.25, 0.3) is 0 Å². The normalized spacial score (nSPS) is 14.6. The van der Waals surface area contributed by atoms with Crippen LogP contribution in [0.2, 0.25) is 0 Å². The Kier molecular flexibility index (Phi) is 2.41. The zero-order chi connectivity index (χ0) is 11.7. The summed E-state index contributed by atoms with van der Waals surface area (Å²) in [6, 6.07) is 18.5. The molecule has 0 spiro atoms. The molecule has 0 saturated carbocycles. The van der Waals surface area contributed by atoms with Crippen molar-refractivity contribution < 1.29 is 0 Å². The minimum atomic E-state index is 0.743. The second-order valence-electron chi connectivity index (χ2n) is 4.23. The first-order chi connectivity index (χ1) is 8.36. The first-order valence-corrected chi connectivity index (χ1v) is 5.86. The number of hydrogen-bond donors (Lipinski definition) is 1. The first kappa shape index (κ1) is 10.1. The Balaban J connectivity index is 2.10. The van der Waals surface area contributed by atoms with Crippen LogP contribution in [-0.2, 0) is 0 Å². The first-order valence-electron chi connectivity index (χ1n) is 5.86. The molecule has 84 valence electrons. The molecular weight excluding hydrogens is 208 g/mol. The van der Waals surface area contributed by atoms with Gasteiger partial charge < -0.3 is 10.3 Å². The van der Waals surface area contributed by atoms with Gasteiger partial charge in [0.1, 0.15) is 0 Å². The van der Waals surface area contributed by atoms with E-state index in [-0.39, 0.29) is 0 Å². The Morgan fingerprint density at radius 2 is 1.59 bits per heavy atom. The number of anilines is 2. The summed E-state index contributed by atoms with van der Waals surface area (Å²) < 4.78 is 0. The van der Waals surface area contributed by atoms with Crippen molar-refractivity contribution in [2.75, 3.05) is 11.4 Å². The predicted octanol–water partition coefficient (Wildman–Crippen LogP) is 3.60. The van der Waals surface area contributed by atoms with Gasteiger partial charge in [-0.2, -0.15) is 0 Å². The van der Waals surface area contributed by atoms with Crippen LogP contribution in [0.25, 0.3) is 0 Å². The van der Waals surface area contributed by atoms with E-state index in [0.29, 0.717) is 0 Å². The quantitative estimate of drug-likeness (QED) is 0.784. The Bertz CT molecular complexity index is 546. The van der Waals surface area contributed by atoms with Crippen LogP contribution in [0.5, 0.6) is 0 Å². The highest BCUT2D eigenvalue weighted by atomic mass is 15.1. The van der Waals surface area contributed by atoms with Crippen LogP contribution < -0.4 is 4.90 Å². The van der Waals surface area contributed by atoms with Gasteiger partial charge in [-0.25, -0.2) is 0 Å². The summed E-state index contributed by atoms with van der Waals surface area (Å²) in [6.07, 6.45) is 0.811. The average molecular weight is 222 g/mol. The van der Waals surface area contributed by atoms with Crippen molar-refractivity contribution in [3.05, 3.63) is 60.2 Å². The summed E-state index contributed by atoms with van der Waals surface area (Å²) >= 11 is 0. The second-order valence-corrected chi connectivity index (χ2v) is 4.23. The highest BCUT2D eigenvalue weighted by molar-refractivity contribution is 6.06. The minimum Gasteiger partial charge on any atom is -0.341 e. The van der Waals surface area contributed by atoms with Crippen molar-refractivity contribution in [2.45, 2.75) is 6.42 Å². The van der Waals surface area contributed by atoms with Crippen LogP contribution in [0.1, 0.15) is 12.0 Å². The maximum Gasteiger partial charge on any atom is 0.0502 e. The number of benzene rings is 2. The van der Waals surface area contributed by atoms with Crippen LogP contribution >= 0.6 is 0 Å². The van der Waals surface area contributed by atoms with Crippen molar-refractivity contribution in [1.29, 1.82) is 5.41 Å². The third-order valence-corrected chi connectivity index (χ3v) is 3.17. The van der Waals surface area contributed by atoms with Crippen LogP contribution in [0.15, 0.2) is 54.6 Å². The molecular formula is C15H14N2. The highest BCUT2D eigenvalue weighted by Crippen LogP contribution is 2.32. The summed E-state index contributed by atoms with van der Waals surface area (Å²) in [5, 5.41) is 8.00. The lowest BCUT2D eigenvalue weighted by atomic mass is 9.99. The van der Waals surface area contributed by atoms with Gasteiger partial charge in [-0.05, 0) is 18.2 Å². The molecule has 0 radical (unpaired) electrons. The lowest BCUT2D eigenvalue weighted by Gasteiger charge is -2.31. The van der Waals surface area contributed by atoms with Gasteiger partial charge in [0.2, 0.25) is 0 Å². The van der Waals surface area contributed by atoms with Crippen LogP contribution in [-0.4, -0.2) is 12.3 Å². The van der Waals surface area contributed by atoms with E-state index in [1.54, 1.807) is 0 Å². The zero-order valence-corrected chi connectivity index (χ0v) is 9.56. The summed E-state index contributed by atoms with van der Waals surface area (Å²) in [5.41, 5.74) is 4.15. The van der Waals surface area contributed by atoms with Gasteiger partial charge in [0.15, 0.2) is 0 Å². The molecule has 0 fully saturated rings. The molecule has 3 rings (SSSR count). The highest BCUT2D eigenvalue weighted by Gasteiger charge is 2.20. The maximum absolute atomic E-state index is 8.00. The van der Waals surface area contributed by atoms with Gasteiger partial charge in [0.05, 0.1) is 5.69 Å². The maximum atomic E-state index is 8.00. The Morgan fingerprint density at radius 1 is 0.882 bits per heavy atom. The molecule has 0 saturated heterocycles. The molecule has 0 unspecified atom stereocenters. The fourth-order valence-electron chi connectivity index (χ4n) is 2.32. The number of nitrogens with one attached hydrogen (secondary N) is 1. The molecule has 2 heteroatoms. The van der Waals surface area contributed by atoms with Crippen molar-refractivity contribution >= 4 is 17.1 Å². The standard InChI is InChI=1S/C15H14N2/c16-14-10-11-17(12-6-2-1-3-7-12)15-9-5-4-8-13(14)15/h1-9,16H,10-11H2. The Labute approximate surface area is 101 Å². The SMILES string of the molecule is N=C1CCN(c2ccccc2)c2ccccc21. The van der Waals surface area contributed by atoms with E-state index in [2.05, 4.69) is 35.2 Å². The number of hydrogen-bond acceptors (Lipinski definition) is 2. The monoisotopic (exact) mass is 222 g/mol. The van der Waals surface area contributed by atoms with Crippen molar-refractivity contribution in [3.8, 4) is 0 Å². The van der Waals surface area contributed by atoms with E-state index in [4.69, 9.17) is 5.41 Å². The number of fused-ring (bicyclic) bond motifs is 1. The molecule has 1 aliphatic rings. The Hall–Kier alpha value is -2.09. The molecule has 1 N–H and O–H groups in total. The van der Waals surface area contributed by atoms with Crippen LogP contribution in [0.4, 0.5) is 11.4 Å². The van der Waals surface area contributed by atoms with E-state index in [1.165, 1.54) is 5.69 Å². The van der Waals surface area contributed by atoms with Crippen molar-refractivity contribution in [1.82, 2.24) is 0 Å². The van der Waals surface area contributed by atoms with Crippen LogP contribution in [0, 0.1) is 5.41 Å². The molecule has 1 aliphatic heterocycles. The smallest absolute Gasteiger partial charge is 0.0502 e. The summed E-state index contributed by atoms with van der Waals surface area (Å²) in [7, 11) is 0. The molecule has 2 aromatic carbocycles. The molecule has 0 bridgehead atoms. The van der Waals surface area contributed by atoms with E-state index < -0.39 is 0 Å². The molecule has 2 nitrogen and oxygen atoms in total. The lowest BCUT2D eigenvalue weighted by Crippen LogP contribution is -2.27. The number of rotatable bonds is 1. The van der Waals surface area contributed by atoms with E-state index in [1.807, 2.05) is 24.3 Å². The Morgan fingerprint density at radius 3 is 2.41 bits per heavy atom. The molecule has 1 heterocycles. The minimum absolute atomic E-state index is 0.743. The van der Waals surface area contributed by atoms with Gasteiger partial charge in [0, 0.05) is 29.9 Å². The summed E-state index contributed by atoms with van der Waals surface area (Å²) in [4.78, 5) is 2.29. The molecule has 0 aliphatic carbocycles. The summed E-state index contributed by atoms with van der Waals surface area (Å²) in [6.45, 7) is 0.889. The number of nitrogens with zero attached hydrogens (tertiary/aromatic N) is 1. The molecule has 0 aromatic heterocycles. The average Bonchev–Trinajstić information content (AvgIpc) is 2.41. The van der Waals surface area contributed by atoms with Crippen molar-refractivity contribution in [3.63, 3.8) is 0 Å². The van der Waals surface area contributed by atoms with E-state index >= 15 is 0 Å². The molecule has 0 atom stereocenters. The zero-order valence-electron chi connectivity index (χ0n) is 9.56. The molecule has 17 heavy (non-hydrogen) atoms. The third-order valence-electron chi connectivity index (χ3n) is 3.17. The van der Waals surface area contributed by atoms with Gasteiger partial charge >= 0.3 is 0 Å². The topological polar surface area (TPSA) is 27.1 Å². The van der Waals surface area contributed by atoms with Gasteiger partial charge in [-0.1, -0.05) is 36.4 Å². The second kappa shape index (κ2) is 4.06. The fourth-order valence-corrected chi connectivity index (χ4v) is 2.32.